The van der Waals surface area contributed by atoms with E-state index in [1.807, 2.05) is 7.05 Å². The van der Waals surface area contributed by atoms with Crippen LogP contribution in [0.25, 0.3) is 0 Å². The van der Waals surface area contributed by atoms with Crippen molar-refractivity contribution < 1.29 is 0 Å². The molecule has 0 heterocycles. The van der Waals surface area contributed by atoms with Crippen molar-refractivity contribution in [3.8, 4) is 0 Å². The van der Waals surface area contributed by atoms with Gasteiger partial charge in [0.2, 0.25) is 0 Å². The van der Waals surface area contributed by atoms with Gasteiger partial charge in [-0.2, -0.15) is 0 Å². The van der Waals surface area contributed by atoms with Crippen molar-refractivity contribution in [2.75, 3.05) is 12.4 Å². The summed E-state index contributed by atoms with van der Waals surface area (Å²) in [6.07, 6.45) is 2.48. The number of rotatable bonds is 4. The maximum Gasteiger partial charge on any atom is 0.0340 e. The maximum atomic E-state index is 3.16. The molecule has 1 rings (SSSR count). The Balaban J connectivity index is 2.69. The molecule has 0 saturated carbocycles. The van der Waals surface area contributed by atoms with Gasteiger partial charge in [0, 0.05) is 12.7 Å². The summed E-state index contributed by atoms with van der Waals surface area (Å²) in [5.41, 5.74) is 4.09. The third-order valence-corrected chi connectivity index (χ3v) is 2.62. The molecule has 0 saturated heterocycles. The first-order valence-corrected chi connectivity index (χ1v) is 5.40. The van der Waals surface area contributed by atoms with Crippen molar-refractivity contribution >= 4 is 5.69 Å². The summed E-state index contributed by atoms with van der Waals surface area (Å²) in [6.45, 7) is 6.74. The number of hydrogen-bond acceptors (Lipinski definition) is 1. The number of anilines is 1. The largest absolute Gasteiger partial charge is 0.388 e. The lowest BCUT2D eigenvalue weighted by Gasteiger charge is -2.09. The van der Waals surface area contributed by atoms with Crippen molar-refractivity contribution in [3.63, 3.8) is 0 Å². The first-order chi connectivity index (χ1) is 6.63. The van der Waals surface area contributed by atoms with E-state index < -0.39 is 0 Å². The quantitative estimate of drug-likeness (QED) is 0.766. The minimum atomic E-state index is 0.790. The van der Waals surface area contributed by atoms with Crippen molar-refractivity contribution in [3.05, 3.63) is 29.3 Å². The molecule has 78 valence electrons. The van der Waals surface area contributed by atoms with E-state index in [2.05, 4.69) is 44.3 Å². The van der Waals surface area contributed by atoms with E-state index in [0.717, 1.165) is 5.92 Å². The van der Waals surface area contributed by atoms with Crippen LogP contribution in [0.5, 0.6) is 0 Å². The van der Waals surface area contributed by atoms with E-state index in [0.29, 0.717) is 0 Å². The minimum Gasteiger partial charge on any atom is -0.388 e. The average molecular weight is 191 g/mol. The molecule has 0 unspecified atom stereocenters. The predicted molar refractivity (Wildman–Crippen MR) is 63.9 cm³/mol. The van der Waals surface area contributed by atoms with Gasteiger partial charge < -0.3 is 5.32 Å². The van der Waals surface area contributed by atoms with Crippen LogP contribution in [0.3, 0.4) is 0 Å². The molecule has 0 bridgehead atoms. The summed E-state index contributed by atoms with van der Waals surface area (Å²) in [4.78, 5) is 0. The van der Waals surface area contributed by atoms with Gasteiger partial charge in [0.1, 0.15) is 0 Å². The summed E-state index contributed by atoms with van der Waals surface area (Å²) in [6, 6.07) is 6.61. The van der Waals surface area contributed by atoms with Gasteiger partial charge in [-0.25, -0.2) is 0 Å². The monoisotopic (exact) mass is 191 g/mol. The lowest BCUT2D eigenvalue weighted by molar-refractivity contribution is 0.586. The number of nitrogens with one attached hydrogen (secondary N) is 1. The van der Waals surface area contributed by atoms with Crippen LogP contribution in [0.2, 0.25) is 0 Å². The Bertz CT molecular complexity index is 289. The van der Waals surface area contributed by atoms with Crippen molar-refractivity contribution in [2.45, 2.75) is 33.6 Å². The highest BCUT2D eigenvalue weighted by Crippen LogP contribution is 2.17. The van der Waals surface area contributed by atoms with Crippen molar-refractivity contribution in [1.82, 2.24) is 0 Å². The van der Waals surface area contributed by atoms with Crippen LogP contribution in [-0.4, -0.2) is 7.05 Å². The lowest BCUT2D eigenvalue weighted by atomic mass is 9.99. The van der Waals surface area contributed by atoms with Gasteiger partial charge in [-0.1, -0.05) is 19.9 Å². The molecular formula is C13H21N. The third kappa shape index (κ3) is 3.06. The topological polar surface area (TPSA) is 12.0 Å². The zero-order valence-corrected chi connectivity index (χ0v) is 9.72. The average Bonchev–Trinajstić information content (AvgIpc) is 2.15. The highest BCUT2D eigenvalue weighted by atomic mass is 14.8. The Morgan fingerprint density at radius 2 is 2.00 bits per heavy atom. The highest BCUT2D eigenvalue weighted by molar-refractivity contribution is 5.47. The molecule has 0 fully saturated rings. The van der Waals surface area contributed by atoms with Gasteiger partial charge in [-0.15, -0.1) is 0 Å². The van der Waals surface area contributed by atoms with E-state index in [1.165, 1.54) is 29.7 Å². The SMILES string of the molecule is CNc1ccc(CCC(C)C)c(C)c1. The van der Waals surface area contributed by atoms with E-state index in [4.69, 9.17) is 0 Å². The molecule has 0 aliphatic rings. The molecule has 1 nitrogen and oxygen atoms in total. The van der Waals surface area contributed by atoms with Crippen molar-refractivity contribution in [1.29, 1.82) is 0 Å². The molecule has 14 heavy (non-hydrogen) atoms. The fourth-order valence-corrected chi connectivity index (χ4v) is 1.58. The Morgan fingerprint density at radius 1 is 1.29 bits per heavy atom. The van der Waals surface area contributed by atoms with E-state index >= 15 is 0 Å². The summed E-state index contributed by atoms with van der Waals surface area (Å²) in [7, 11) is 1.96. The zero-order valence-electron chi connectivity index (χ0n) is 9.72. The van der Waals surface area contributed by atoms with Crippen LogP contribution in [0.15, 0.2) is 18.2 Å². The van der Waals surface area contributed by atoms with E-state index in [-0.39, 0.29) is 0 Å². The van der Waals surface area contributed by atoms with E-state index in [9.17, 15) is 0 Å². The Kier molecular flexibility index (Phi) is 3.99. The normalized spacial score (nSPS) is 10.6. The Morgan fingerprint density at radius 3 is 2.50 bits per heavy atom. The summed E-state index contributed by atoms with van der Waals surface area (Å²) < 4.78 is 0. The molecular weight excluding hydrogens is 170 g/mol. The highest BCUT2D eigenvalue weighted by Gasteiger charge is 2.01. The van der Waals surface area contributed by atoms with Crippen LogP contribution in [0.1, 0.15) is 31.4 Å². The summed E-state index contributed by atoms with van der Waals surface area (Å²) in [5.74, 6) is 0.790. The second kappa shape index (κ2) is 5.04. The molecule has 1 N–H and O–H groups in total. The van der Waals surface area contributed by atoms with Crippen LogP contribution < -0.4 is 5.32 Å². The van der Waals surface area contributed by atoms with Crippen LogP contribution in [-0.2, 0) is 6.42 Å². The molecule has 0 aliphatic heterocycles. The van der Waals surface area contributed by atoms with Gasteiger partial charge in [-0.05, 0) is 48.9 Å². The molecule has 0 aliphatic carbocycles. The fraction of sp³-hybridized carbons (Fsp3) is 0.538. The van der Waals surface area contributed by atoms with Gasteiger partial charge >= 0.3 is 0 Å². The number of benzene rings is 1. The molecule has 1 aromatic rings. The third-order valence-electron chi connectivity index (χ3n) is 2.62. The molecule has 1 heteroatoms. The van der Waals surface area contributed by atoms with Crippen molar-refractivity contribution in [2.24, 2.45) is 5.92 Å². The van der Waals surface area contributed by atoms with Crippen LogP contribution in [0, 0.1) is 12.8 Å². The Labute approximate surface area is 87.5 Å². The second-order valence-electron chi connectivity index (χ2n) is 4.32. The molecule has 0 radical (unpaired) electrons. The van der Waals surface area contributed by atoms with Crippen LogP contribution >= 0.6 is 0 Å². The number of hydrogen-bond donors (Lipinski definition) is 1. The molecule has 1 aromatic carbocycles. The molecule has 0 aromatic heterocycles. The van der Waals surface area contributed by atoms with Gasteiger partial charge in [0.25, 0.3) is 0 Å². The molecule has 0 amide bonds. The second-order valence-corrected chi connectivity index (χ2v) is 4.32. The molecule has 0 spiro atoms. The zero-order chi connectivity index (χ0) is 10.6. The standard InChI is InChI=1S/C13H21N/c1-10(2)5-6-12-7-8-13(14-4)9-11(12)3/h7-10,14H,5-6H2,1-4H3. The number of aryl methyl sites for hydroxylation is 2. The first-order valence-electron chi connectivity index (χ1n) is 5.40. The summed E-state index contributed by atoms with van der Waals surface area (Å²) >= 11 is 0. The van der Waals surface area contributed by atoms with Gasteiger partial charge in [0.05, 0.1) is 0 Å². The van der Waals surface area contributed by atoms with E-state index in [1.54, 1.807) is 0 Å². The molecule has 0 atom stereocenters. The smallest absolute Gasteiger partial charge is 0.0340 e. The lowest BCUT2D eigenvalue weighted by Crippen LogP contribution is -1.96. The predicted octanol–water partition coefficient (Wildman–Crippen LogP) is 3.63. The van der Waals surface area contributed by atoms with Crippen LogP contribution in [0.4, 0.5) is 5.69 Å². The van der Waals surface area contributed by atoms with Gasteiger partial charge in [-0.3, -0.25) is 0 Å². The fourth-order valence-electron chi connectivity index (χ4n) is 1.58. The first kappa shape index (κ1) is 11.1. The Hall–Kier alpha value is -0.980. The minimum absolute atomic E-state index is 0.790. The maximum absolute atomic E-state index is 3.16. The van der Waals surface area contributed by atoms with Gasteiger partial charge in [0.15, 0.2) is 0 Å². The summed E-state index contributed by atoms with van der Waals surface area (Å²) in [5, 5.41) is 3.16.